The molecule has 3 aromatic heterocycles. The quantitative estimate of drug-likeness (QED) is 0.630. The van der Waals surface area contributed by atoms with Crippen LogP contribution in [0.3, 0.4) is 0 Å². The summed E-state index contributed by atoms with van der Waals surface area (Å²) in [5, 5.41) is 7.29. The molecule has 3 aliphatic heterocycles. The standard InChI is InChI=1S/C20H19FN6O2/c21-11-6-14-16-2-1-4-26(16)17-3-5-27-18(25-17)15(10-23-27)19(28)24-12-7-13(8-12)29-20(14)22-9-11/h3,5-6,9-10,12-13,16H,1-2,4,7-8H2,(H,24,28). The number of carbonyl (C=O) groups is 1. The first kappa shape index (κ1) is 16.7. The van der Waals surface area contributed by atoms with E-state index in [0.717, 1.165) is 30.8 Å². The summed E-state index contributed by atoms with van der Waals surface area (Å²) in [4.78, 5) is 23.9. The van der Waals surface area contributed by atoms with Gasteiger partial charge in [-0.1, -0.05) is 0 Å². The molecule has 0 spiro atoms. The highest BCUT2D eigenvalue weighted by Crippen LogP contribution is 2.40. The van der Waals surface area contributed by atoms with Gasteiger partial charge in [0.1, 0.15) is 23.3 Å². The molecule has 1 atom stereocenters. The second-order valence-corrected chi connectivity index (χ2v) is 7.89. The number of anilines is 1. The maximum absolute atomic E-state index is 14.1. The van der Waals surface area contributed by atoms with Crippen LogP contribution in [-0.4, -0.2) is 44.2 Å². The van der Waals surface area contributed by atoms with Crippen LogP contribution < -0.4 is 15.0 Å². The number of nitrogens with zero attached hydrogens (tertiary/aromatic N) is 5. The van der Waals surface area contributed by atoms with Gasteiger partial charge in [-0.05, 0) is 25.0 Å². The van der Waals surface area contributed by atoms with Crippen molar-refractivity contribution in [2.45, 2.75) is 43.9 Å². The van der Waals surface area contributed by atoms with Gasteiger partial charge in [-0.25, -0.2) is 18.9 Å². The number of rotatable bonds is 0. The van der Waals surface area contributed by atoms with Crippen LogP contribution in [0.25, 0.3) is 5.65 Å². The molecule has 8 nitrogen and oxygen atoms in total. The van der Waals surface area contributed by atoms with Gasteiger partial charge < -0.3 is 15.0 Å². The Hall–Kier alpha value is -3.23. The van der Waals surface area contributed by atoms with E-state index in [2.05, 4.69) is 20.3 Å². The summed E-state index contributed by atoms with van der Waals surface area (Å²) < 4.78 is 21.8. The first-order chi connectivity index (χ1) is 14.2. The molecule has 1 unspecified atom stereocenters. The maximum Gasteiger partial charge on any atom is 0.256 e. The van der Waals surface area contributed by atoms with Crippen molar-refractivity contribution in [1.29, 1.82) is 0 Å². The van der Waals surface area contributed by atoms with Gasteiger partial charge in [0.05, 0.1) is 18.4 Å². The zero-order valence-electron chi connectivity index (χ0n) is 15.6. The number of hydrogen-bond donors (Lipinski definition) is 1. The van der Waals surface area contributed by atoms with E-state index in [4.69, 9.17) is 9.72 Å². The van der Waals surface area contributed by atoms with Gasteiger partial charge in [-0.3, -0.25) is 4.79 Å². The molecule has 1 N–H and O–H groups in total. The smallest absolute Gasteiger partial charge is 0.256 e. The number of fused-ring (bicyclic) bond motifs is 1. The van der Waals surface area contributed by atoms with Crippen LogP contribution in [0, 0.1) is 5.82 Å². The van der Waals surface area contributed by atoms with Crippen LogP contribution >= 0.6 is 0 Å². The molecule has 4 bridgehead atoms. The number of pyridine rings is 1. The highest BCUT2D eigenvalue weighted by atomic mass is 19.1. The van der Waals surface area contributed by atoms with Crippen molar-refractivity contribution in [2.75, 3.05) is 11.4 Å². The number of carbonyl (C=O) groups excluding carboxylic acids is 1. The molecule has 1 saturated heterocycles. The van der Waals surface area contributed by atoms with Crippen molar-refractivity contribution in [3.63, 3.8) is 0 Å². The molecule has 29 heavy (non-hydrogen) atoms. The predicted molar refractivity (Wildman–Crippen MR) is 101 cm³/mol. The minimum atomic E-state index is -0.374. The van der Waals surface area contributed by atoms with E-state index in [1.807, 2.05) is 6.07 Å². The topological polar surface area (TPSA) is 84.7 Å². The van der Waals surface area contributed by atoms with Gasteiger partial charge in [-0.15, -0.1) is 0 Å². The van der Waals surface area contributed by atoms with Crippen LogP contribution in [0.15, 0.2) is 30.7 Å². The Bertz CT molecular complexity index is 1130. The average molecular weight is 394 g/mol. The molecule has 0 aromatic carbocycles. The summed E-state index contributed by atoms with van der Waals surface area (Å²) in [6.07, 6.45) is 7.69. The lowest BCUT2D eigenvalue weighted by Crippen LogP contribution is -2.49. The first-order valence-corrected chi connectivity index (χ1v) is 9.90. The molecule has 6 heterocycles. The maximum atomic E-state index is 14.1. The monoisotopic (exact) mass is 394 g/mol. The minimum absolute atomic E-state index is 0.0282. The van der Waals surface area contributed by atoms with Crippen molar-refractivity contribution in [1.82, 2.24) is 24.9 Å². The molecule has 2 fully saturated rings. The summed E-state index contributed by atoms with van der Waals surface area (Å²) in [5.74, 6) is 0.650. The van der Waals surface area contributed by atoms with Crippen LogP contribution in [0.2, 0.25) is 0 Å². The lowest BCUT2D eigenvalue weighted by Gasteiger charge is -2.36. The van der Waals surface area contributed by atoms with Gasteiger partial charge in [-0.2, -0.15) is 5.10 Å². The SMILES string of the molecule is O=C1NC2CC(C2)Oc2ncc(F)cc2C2CCCN2c2ccn3ncc1c3n2. The molecule has 1 amide bonds. The summed E-state index contributed by atoms with van der Waals surface area (Å²) in [5.41, 5.74) is 1.73. The Kier molecular flexibility index (Phi) is 3.53. The van der Waals surface area contributed by atoms with E-state index in [0.29, 0.717) is 29.9 Å². The van der Waals surface area contributed by atoms with Gasteiger partial charge in [0.2, 0.25) is 5.88 Å². The van der Waals surface area contributed by atoms with Crippen molar-refractivity contribution >= 4 is 17.4 Å². The lowest BCUT2D eigenvalue weighted by molar-refractivity contribution is 0.0670. The minimum Gasteiger partial charge on any atom is -0.474 e. The first-order valence-electron chi connectivity index (χ1n) is 9.90. The van der Waals surface area contributed by atoms with E-state index < -0.39 is 0 Å². The number of hydrogen-bond acceptors (Lipinski definition) is 6. The van der Waals surface area contributed by atoms with Crippen molar-refractivity contribution in [3.8, 4) is 5.88 Å². The Morgan fingerprint density at radius 3 is 3.07 bits per heavy atom. The molecule has 0 radical (unpaired) electrons. The Labute approximate surface area is 165 Å². The summed E-state index contributed by atoms with van der Waals surface area (Å²) in [7, 11) is 0. The fraction of sp³-hybridized carbons (Fsp3) is 0.400. The summed E-state index contributed by atoms with van der Waals surface area (Å²) >= 11 is 0. The summed E-state index contributed by atoms with van der Waals surface area (Å²) in [6.45, 7) is 0.783. The zero-order valence-corrected chi connectivity index (χ0v) is 15.6. The molecule has 9 heteroatoms. The van der Waals surface area contributed by atoms with Gasteiger partial charge >= 0.3 is 0 Å². The third kappa shape index (κ3) is 2.64. The van der Waals surface area contributed by atoms with Crippen molar-refractivity contribution in [3.05, 3.63) is 47.7 Å². The Morgan fingerprint density at radius 1 is 1.28 bits per heavy atom. The van der Waals surface area contributed by atoms with Crippen LogP contribution in [0.4, 0.5) is 10.2 Å². The molecular weight excluding hydrogens is 375 g/mol. The number of halogens is 1. The highest BCUT2D eigenvalue weighted by Gasteiger charge is 2.36. The van der Waals surface area contributed by atoms with E-state index in [1.165, 1.54) is 12.3 Å². The third-order valence-electron chi connectivity index (χ3n) is 6.06. The van der Waals surface area contributed by atoms with Crippen LogP contribution in [-0.2, 0) is 0 Å². The number of amides is 1. The van der Waals surface area contributed by atoms with E-state index >= 15 is 0 Å². The molecule has 7 rings (SSSR count). The third-order valence-corrected chi connectivity index (χ3v) is 6.06. The second-order valence-electron chi connectivity index (χ2n) is 7.89. The molecule has 1 saturated carbocycles. The van der Waals surface area contributed by atoms with Crippen LogP contribution in [0.5, 0.6) is 5.88 Å². The van der Waals surface area contributed by atoms with Gasteiger partial charge in [0.25, 0.3) is 5.91 Å². The highest BCUT2D eigenvalue weighted by molar-refractivity contribution is 6.00. The molecule has 3 aromatic rings. The molecular formula is C20H19FN6O2. The number of nitrogens with one attached hydrogen (secondary N) is 1. The molecule has 148 valence electrons. The predicted octanol–water partition coefficient (Wildman–Crippen LogP) is 2.26. The normalized spacial score (nSPS) is 25.6. The van der Waals surface area contributed by atoms with Crippen LogP contribution in [0.1, 0.15) is 47.6 Å². The Morgan fingerprint density at radius 2 is 2.17 bits per heavy atom. The van der Waals surface area contributed by atoms with Crippen molar-refractivity contribution in [2.24, 2.45) is 0 Å². The molecule has 1 aliphatic carbocycles. The molecule has 4 aliphatic rings. The van der Waals surface area contributed by atoms with Crippen molar-refractivity contribution < 1.29 is 13.9 Å². The second kappa shape index (κ2) is 6.13. The number of ether oxygens (including phenoxy) is 1. The lowest BCUT2D eigenvalue weighted by atomic mass is 9.89. The fourth-order valence-corrected chi connectivity index (χ4v) is 4.52. The van der Waals surface area contributed by atoms with Gasteiger partial charge in [0, 0.05) is 37.2 Å². The van der Waals surface area contributed by atoms with E-state index in [-0.39, 0.29) is 29.9 Å². The average Bonchev–Trinajstić information content (AvgIpc) is 3.33. The zero-order chi connectivity index (χ0) is 19.5. The Balaban J connectivity index is 1.52. The number of aromatic nitrogens is 4. The fourth-order valence-electron chi connectivity index (χ4n) is 4.52. The van der Waals surface area contributed by atoms with E-state index in [1.54, 1.807) is 16.9 Å². The summed E-state index contributed by atoms with van der Waals surface area (Å²) in [6, 6.07) is 3.34. The van der Waals surface area contributed by atoms with E-state index in [9.17, 15) is 9.18 Å². The van der Waals surface area contributed by atoms with Gasteiger partial charge in [0.15, 0.2) is 5.65 Å². The largest absolute Gasteiger partial charge is 0.474 e.